The Hall–Kier alpha value is -2.13. The fourth-order valence-corrected chi connectivity index (χ4v) is 3.38. The van der Waals surface area contributed by atoms with E-state index in [-0.39, 0.29) is 11.9 Å². The Morgan fingerprint density at radius 1 is 1.04 bits per heavy atom. The highest BCUT2D eigenvalue weighted by Crippen LogP contribution is 2.25. The van der Waals surface area contributed by atoms with E-state index in [2.05, 4.69) is 41.4 Å². The normalized spacial score (nSPS) is 16.1. The van der Waals surface area contributed by atoms with Crippen LogP contribution in [0.5, 0.6) is 0 Å². The third kappa shape index (κ3) is 4.04. The van der Waals surface area contributed by atoms with Crippen LogP contribution in [0.2, 0.25) is 0 Å². The Labute approximate surface area is 144 Å². The van der Waals surface area contributed by atoms with E-state index in [1.807, 2.05) is 31.2 Å². The van der Waals surface area contributed by atoms with Gasteiger partial charge in [0.2, 0.25) is 0 Å². The second-order valence-electron chi connectivity index (χ2n) is 6.75. The molecular weight excluding hydrogens is 296 g/mol. The van der Waals surface area contributed by atoms with Crippen molar-refractivity contribution in [3.63, 3.8) is 0 Å². The fraction of sp³-hybridized carbons (Fsp3) is 0.381. The average molecular weight is 322 g/mol. The number of carbonyl (C=O) groups excluding carboxylic acids is 1. The van der Waals surface area contributed by atoms with Crippen LogP contribution in [0.3, 0.4) is 0 Å². The lowest BCUT2D eigenvalue weighted by atomic mass is 10.0. The van der Waals surface area contributed by atoms with E-state index in [4.69, 9.17) is 0 Å². The quantitative estimate of drug-likeness (QED) is 0.906. The molecule has 1 aliphatic heterocycles. The standard InChI is InChI=1S/C21H26N2O/c1-16-8-10-18(11-9-16)20(23-12-3-4-13-23)15-22-21(24)19-7-5-6-17(2)14-19/h5-11,14,20H,3-4,12-13,15H2,1-2H3,(H,22,24)/t20-/m0/s1. The molecule has 0 aliphatic carbocycles. The van der Waals surface area contributed by atoms with E-state index < -0.39 is 0 Å². The molecule has 1 N–H and O–H groups in total. The summed E-state index contributed by atoms with van der Waals surface area (Å²) in [5.74, 6) is 0.00927. The maximum atomic E-state index is 12.5. The molecule has 0 radical (unpaired) electrons. The van der Waals surface area contributed by atoms with Crippen molar-refractivity contribution in [2.75, 3.05) is 19.6 Å². The Bertz CT molecular complexity index is 687. The number of carbonyl (C=O) groups is 1. The van der Waals surface area contributed by atoms with Crippen LogP contribution < -0.4 is 5.32 Å². The molecule has 24 heavy (non-hydrogen) atoms. The van der Waals surface area contributed by atoms with Gasteiger partial charge in [0.1, 0.15) is 0 Å². The van der Waals surface area contributed by atoms with Gasteiger partial charge in [-0.15, -0.1) is 0 Å². The number of amides is 1. The summed E-state index contributed by atoms with van der Waals surface area (Å²) in [5, 5.41) is 3.14. The molecule has 1 heterocycles. The summed E-state index contributed by atoms with van der Waals surface area (Å²) in [6, 6.07) is 16.7. The van der Waals surface area contributed by atoms with Gasteiger partial charge in [0.15, 0.2) is 0 Å². The summed E-state index contributed by atoms with van der Waals surface area (Å²) in [6.45, 7) is 6.98. The number of hydrogen-bond donors (Lipinski definition) is 1. The van der Waals surface area contributed by atoms with Gasteiger partial charge in [-0.3, -0.25) is 9.69 Å². The van der Waals surface area contributed by atoms with Crippen LogP contribution in [-0.4, -0.2) is 30.4 Å². The van der Waals surface area contributed by atoms with Crippen molar-refractivity contribution in [3.8, 4) is 0 Å². The molecule has 1 amide bonds. The Kier molecular flexibility index (Phi) is 5.31. The van der Waals surface area contributed by atoms with Crippen LogP contribution in [-0.2, 0) is 0 Å². The van der Waals surface area contributed by atoms with E-state index in [1.165, 1.54) is 24.0 Å². The molecule has 0 unspecified atom stereocenters. The third-order valence-electron chi connectivity index (χ3n) is 4.78. The predicted molar refractivity (Wildman–Crippen MR) is 98.2 cm³/mol. The molecule has 0 aromatic heterocycles. The van der Waals surface area contributed by atoms with Gasteiger partial charge in [-0.25, -0.2) is 0 Å². The molecule has 0 saturated carbocycles. The van der Waals surface area contributed by atoms with Gasteiger partial charge in [-0.05, 0) is 57.5 Å². The highest BCUT2D eigenvalue weighted by Gasteiger charge is 2.24. The zero-order valence-electron chi connectivity index (χ0n) is 14.6. The molecule has 0 bridgehead atoms. The minimum Gasteiger partial charge on any atom is -0.350 e. The molecule has 2 aromatic carbocycles. The summed E-state index contributed by atoms with van der Waals surface area (Å²) in [4.78, 5) is 15.0. The molecule has 1 fully saturated rings. The molecule has 2 aromatic rings. The first-order valence-electron chi connectivity index (χ1n) is 8.79. The van der Waals surface area contributed by atoms with Gasteiger partial charge in [0.25, 0.3) is 5.91 Å². The van der Waals surface area contributed by atoms with Gasteiger partial charge in [0, 0.05) is 12.1 Å². The maximum Gasteiger partial charge on any atom is 0.251 e. The van der Waals surface area contributed by atoms with Crippen molar-refractivity contribution in [2.24, 2.45) is 0 Å². The molecule has 0 spiro atoms. The number of rotatable bonds is 5. The zero-order valence-corrected chi connectivity index (χ0v) is 14.6. The Morgan fingerprint density at radius 2 is 1.75 bits per heavy atom. The molecular formula is C21H26N2O. The Balaban J connectivity index is 1.72. The van der Waals surface area contributed by atoms with Crippen molar-refractivity contribution >= 4 is 5.91 Å². The van der Waals surface area contributed by atoms with Crippen LogP contribution in [0.4, 0.5) is 0 Å². The van der Waals surface area contributed by atoms with Crippen molar-refractivity contribution < 1.29 is 4.79 Å². The third-order valence-corrected chi connectivity index (χ3v) is 4.78. The van der Waals surface area contributed by atoms with Crippen molar-refractivity contribution in [2.45, 2.75) is 32.7 Å². The average Bonchev–Trinajstić information content (AvgIpc) is 3.11. The lowest BCUT2D eigenvalue weighted by Gasteiger charge is -2.28. The molecule has 1 aliphatic rings. The van der Waals surface area contributed by atoms with Crippen LogP contribution in [0.15, 0.2) is 48.5 Å². The van der Waals surface area contributed by atoms with Gasteiger partial charge < -0.3 is 5.32 Å². The number of benzene rings is 2. The van der Waals surface area contributed by atoms with Gasteiger partial charge >= 0.3 is 0 Å². The smallest absolute Gasteiger partial charge is 0.251 e. The van der Waals surface area contributed by atoms with E-state index in [0.29, 0.717) is 6.54 Å². The first kappa shape index (κ1) is 16.7. The lowest BCUT2D eigenvalue weighted by Crippen LogP contribution is -2.36. The Morgan fingerprint density at radius 3 is 2.42 bits per heavy atom. The first-order valence-corrected chi connectivity index (χ1v) is 8.79. The summed E-state index contributed by atoms with van der Waals surface area (Å²) in [5.41, 5.74) is 4.39. The molecule has 3 rings (SSSR count). The highest BCUT2D eigenvalue weighted by molar-refractivity contribution is 5.94. The van der Waals surface area contributed by atoms with E-state index in [1.54, 1.807) is 0 Å². The van der Waals surface area contributed by atoms with E-state index in [9.17, 15) is 4.79 Å². The zero-order chi connectivity index (χ0) is 16.9. The second kappa shape index (κ2) is 7.63. The molecule has 3 nitrogen and oxygen atoms in total. The molecule has 1 atom stereocenters. The first-order chi connectivity index (χ1) is 11.6. The lowest BCUT2D eigenvalue weighted by molar-refractivity contribution is 0.0938. The minimum absolute atomic E-state index is 0.00927. The molecule has 1 saturated heterocycles. The van der Waals surface area contributed by atoms with Crippen molar-refractivity contribution in [1.82, 2.24) is 10.2 Å². The van der Waals surface area contributed by atoms with Gasteiger partial charge in [-0.2, -0.15) is 0 Å². The number of hydrogen-bond acceptors (Lipinski definition) is 2. The maximum absolute atomic E-state index is 12.5. The number of aryl methyl sites for hydroxylation is 2. The molecule has 3 heteroatoms. The number of nitrogens with zero attached hydrogens (tertiary/aromatic N) is 1. The van der Waals surface area contributed by atoms with Gasteiger partial charge in [-0.1, -0.05) is 47.5 Å². The summed E-state index contributed by atoms with van der Waals surface area (Å²) < 4.78 is 0. The monoisotopic (exact) mass is 322 g/mol. The van der Waals surface area contributed by atoms with Crippen LogP contribution in [0, 0.1) is 13.8 Å². The van der Waals surface area contributed by atoms with Gasteiger partial charge in [0.05, 0.1) is 6.04 Å². The van der Waals surface area contributed by atoms with Crippen LogP contribution in [0.1, 0.15) is 45.9 Å². The summed E-state index contributed by atoms with van der Waals surface area (Å²) in [7, 11) is 0. The van der Waals surface area contributed by atoms with E-state index >= 15 is 0 Å². The van der Waals surface area contributed by atoms with Crippen LogP contribution in [0.25, 0.3) is 0 Å². The number of nitrogens with one attached hydrogen (secondary N) is 1. The topological polar surface area (TPSA) is 32.3 Å². The van der Waals surface area contributed by atoms with E-state index in [0.717, 1.165) is 24.2 Å². The minimum atomic E-state index is 0.00927. The van der Waals surface area contributed by atoms with Crippen molar-refractivity contribution in [1.29, 1.82) is 0 Å². The fourth-order valence-electron chi connectivity index (χ4n) is 3.38. The molecule has 126 valence electrons. The second-order valence-corrected chi connectivity index (χ2v) is 6.75. The number of likely N-dealkylation sites (tertiary alicyclic amines) is 1. The predicted octanol–water partition coefficient (Wildman–Crippen LogP) is 3.87. The van der Waals surface area contributed by atoms with Crippen LogP contribution >= 0.6 is 0 Å². The largest absolute Gasteiger partial charge is 0.350 e. The highest BCUT2D eigenvalue weighted by atomic mass is 16.1. The van der Waals surface area contributed by atoms with Crippen molar-refractivity contribution in [3.05, 3.63) is 70.8 Å². The summed E-state index contributed by atoms with van der Waals surface area (Å²) >= 11 is 0. The summed E-state index contributed by atoms with van der Waals surface area (Å²) in [6.07, 6.45) is 2.49. The SMILES string of the molecule is Cc1ccc([C@H](CNC(=O)c2cccc(C)c2)N2CCCC2)cc1.